The zero-order chi connectivity index (χ0) is 13.7. The fourth-order valence-corrected chi connectivity index (χ4v) is 2.99. The van der Waals surface area contributed by atoms with Crippen LogP contribution >= 0.6 is 0 Å². The number of hydrogen-bond acceptors (Lipinski definition) is 3. The smallest absolute Gasteiger partial charge is 0.121 e. The fourth-order valence-electron chi connectivity index (χ4n) is 2.99. The maximum Gasteiger partial charge on any atom is 0.121 e. The molecule has 2 rings (SSSR count). The quantitative estimate of drug-likeness (QED) is 0.856. The summed E-state index contributed by atoms with van der Waals surface area (Å²) in [6.45, 7) is 4.45. The van der Waals surface area contributed by atoms with Crippen LogP contribution < -0.4 is 15.4 Å². The molecule has 1 saturated heterocycles. The van der Waals surface area contributed by atoms with E-state index < -0.39 is 0 Å². The Bertz CT molecular complexity index is 400. The molecule has 106 valence electrons. The largest absolute Gasteiger partial charge is 0.496 e. The standard InChI is InChI=1S/C16H26N2O/c1-12-10-14(4-5-16(12)19-3)15(17-2)11-13-6-8-18-9-7-13/h4-5,10,13,15,17-18H,6-9,11H2,1-3H3. The van der Waals surface area contributed by atoms with E-state index in [9.17, 15) is 0 Å². The van der Waals surface area contributed by atoms with Crippen molar-refractivity contribution in [2.75, 3.05) is 27.2 Å². The van der Waals surface area contributed by atoms with E-state index >= 15 is 0 Å². The molecule has 0 radical (unpaired) electrons. The molecule has 2 N–H and O–H groups in total. The minimum atomic E-state index is 0.452. The third-order valence-corrected chi connectivity index (χ3v) is 4.20. The van der Waals surface area contributed by atoms with Crippen molar-refractivity contribution in [1.82, 2.24) is 10.6 Å². The van der Waals surface area contributed by atoms with E-state index in [4.69, 9.17) is 4.74 Å². The molecule has 3 heteroatoms. The number of benzene rings is 1. The van der Waals surface area contributed by atoms with Gasteiger partial charge in [0.25, 0.3) is 0 Å². The van der Waals surface area contributed by atoms with Crippen LogP contribution in [0.5, 0.6) is 5.75 Å². The molecule has 19 heavy (non-hydrogen) atoms. The predicted molar refractivity (Wildman–Crippen MR) is 79.7 cm³/mol. The van der Waals surface area contributed by atoms with Gasteiger partial charge in [-0.1, -0.05) is 12.1 Å². The normalized spacial score (nSPS) is 18.3. The van der Waals surface area contributed by atoms with Crippen molar-refractivity contribution in [3.05, 3.63) is 29.3 Å². The number of piperidine rings is 1. The molecule has 0 aromatic heterocycles. The molecule has 0 aliphatic carbocycles. The Morgan fingerprint density at radius 3 is 2.68 bits per heavy atom. The molecule has 1 unspecified atom stereocenters. The van der Waals surface area contributed by atoms with Gasteiger partial charge in [0.2, 0.25) is 0 Å². The van der Waals surface area contributed by atoms with Crippen LogP contribution in [0.1, 0.15) is 36.4 Å². The molecule has 0 saturated carbocycles. The molecular formula is C16H26N2O. The predicted octanol–water partition coefficient (Wildman–Crippen LogP) is 2.65. The summed E-state index contributed by atoms with van der Waals surface area (Å²) in [4.78, 5) is 0. The Balaban J connectivity index is 2.05. The van der Waals surface area contributed by atoms with E-state index in [0.29, 0.717) is 6.04 Å². The third-order valence-electron chi connectivity index (χ3n) is 4.20. The van der Waals surface area contributed by atoms with E-state index in [1.807, 2.05) is 0 Å². The van der Waals surface area contributed by atoms with Crippen molar-refractivity contribution in [3.8, 4) is 5.75 Å². The zero-order valence-corrected chi connectivity index (χ0v) is 12.3. The first-order chi connectivity index (χ1) is 9.24. The second-order valence-electron chi connectivity index (χ2n) is 5.50. The molecule has 1 atom stereocenters. The highest BCUT2D eigenvalue weighted by molar-refractivity contribution is 5.37. The Kier molecular flexibility index (Phi) is 5.23. The van der Waals surface area contributed by atoms with E-state index in [1.165, 1.54) is 43.5 Å². The van der Waals surface area contributed by atoms with E-state index in [0.717, 1.165) is 11.7 Å². The lowest BCUT2D eigenvalue weighted by Crippen LogP contribution is -2.30. The minimum absolute atomic E-state index is 0.452. The van der Waals surface area contributed by atoms with Gasteiger partial charge in [-0.2, -0.15) is 0 Å². The second-order valence-corrected chi connectivity index (χ2v) is 5.50. The fraction of sp³-hybridized carbons (Fsp3) is 0.625. The highest BCUT2D eigenvalue weighted by Crippen LogP contribution is 2.29. The molecule has 1 aromatic carbocycles. The van der Waals surface area contributed by atoms with Crippen LogP contribution in [0.15, 0.2) is 18.2 Å². The Hall–Kier alpha value is -1.06. The summed E-state index contributed by atoms with van der Waals surface area (Å²) in [5, 5.41) is 6.90. The molecule has 3 nitrogen and oxygen atoms in total. The lowest BCUT2D eigenvalue weighted by atomic mass is 9.88. The number of methoxy groups -OCH3 is 1. The van der Waals surface area contributed by atoms with Gasteiger partial charge in [0.15, 0.2) is 0 Å². The van der Waals surface area contributed by atoms with E-state index in [1.54, 1.807) is 7.11 Å². The number of ether oxygens (including phenoxy) is 1. The van der Waals surface area contributed by atoms with Crippen LogP contribution in [-0.2, 0) is 0 Å². The van der Waals surface area contributed by atoms with Gasteiger partial charge < -0.3 is 15.4 Å². The van der Waals surface area contributed by atoms with Crippen LogP contribution in [-0.4, -0.2) is 27.2 Å². The van der Waals surface area contributed by atoms with Gasteiger partial charge >= 0.3 is 0 Å². The van der Waals surface area contributed by atoms with Gasteiger partial charge in [-0.25, -0.2) is 0 Å². The Morgan fingerprint density at radius 2 is 2.11 bits per heavy atom. The van der Waals surface area contributed by atoms with Crippen LogP contribution in [0.25, 0.3) is 0 Å². The maximum absolute atomic E-state index is 5.33. The van der Waals surface area contributed by atoms with Crippen molar-refractivity contribution in [3.63, 3.8) is 0 Å². The van der Waals surface area contributed by atoms with Crippen molar-refractivity contribution in [1.29, 1.82) is 0 Å². The number of hydrogen-bond donors (Lipinski definition) is 2. The van der Waals surface area contributed by atoms with Gasteiger partial charge in [-0.15, -0.1) is 0 Å². The molecular weight excluding hydrogens is 236 g/mol. The lowest BCUT2D eigenvalue weighted by Gasteiger charge is -2.27. The molecule has 1 aliphatic heterocycles. The first-order valence-corrected chi connectivity index (χ1v) is 7.27. The molecule has 1 fully saturated rings. The van der Waals surface area contributed by atoms with Crippen molar-refractivity contribution < 1.29 is 4.74 Å². The lowest BCUT2D eigenvalue weighted by molar-refractivity contribution is 0.318. The number of rotatable bonds is 5. The van der Waals surface area contributed by atoms with Crippen LogP contribution in [0, 0.1) is 12.8 Å². The van der Waals surface area contributed by atoms with Crippen molar-refractivity contribution in [2.24, 2.45) is 5.92 Å². The molecule has 0 amide bonds. The molecule has 0 bridgehead atoms. The zero-order valence-electron chi connectivity index (χ0n) is 12.3. The highest BCUT2D eigenvalue weighted by atomic mass is 16.5. The summed E-state index contributed by atoms with van der Waals surface area (Å²) >= 11 is 0. The molecule has 1 heterocycles. The third kappa shape index (κ3) is 3.71. The monoisotopic (exact) mass is 262 g/mol. The maximum atomic E-state index is 5.33. The SMILES string of the molecule is CNC(CC1CCNCC1)c1ccc(OC)c(C)c1. The summed E-state index contributed by atoms with van der Waals surface area (Å²) in [7, 11) is 3.79. The van der Waals surface area contributed by atoms with Crippen molar-refractivity contribution >= 4 is 0 Å². The van der Waals surface area contributed by atoms with Gasteiger partial charge in [0.1, 0.15) is 5.75 Å². The molecule has 1 aliphatic rings. The summed E-state index contributed by atoms with van der Waals surface area (Å²) in [5.74, 6) is 1.81. The van der Waals surface area contributed by atoms with Gasteiger partial charge in [0.05, 0.1) is 7.11 Å². The van der Waals surface area contributed by atoms with Crippen LogP contribution in [0.4, 0.5) is 0 Å². The summed E-state index contributed by atoms with van der Waals surface area (Å²) in [5.41, 5.74) is 2.59. The summed E-state index contributed by atoms with van der Waals surface area (Å²) < 4.78 is 5.33. The van der Waals surface area contributed by atoms with Crippen LogP contribution in [0.2, 0.25) is 0 Å². The highest BCUT2D eigenvalue weighted by Gasteiger charge is 2.19. The minimum Gasteiger partial charge on any atom is -0.496 e. The van der Waals surface area contributed by atoms with Gasteiger partial charge in [0, 0.05) is 6.04 Å². The Morgan fingerprint density at radius 1 is 1.37 bits per heavy atom. The first kappa shape index (κ1) is 14.4. The average molecular weight is 262 g/mol. The van der Waals surface area contributed by atoms with E-state index in [2.05, 4.69) is 42.8 Å². The average Bonchev–Trinajstić information content (AvgIpc) is 2.46. The topological polar surface area (TPSA) is 33.3 Å². The molecule has 0 spiro atoms. The second kappa shape index (κ2) is 6.92. The van der Waals surface area contributed by atoms with Crippen molar-refractivity contribution in [2.45, 2.75) is 32.2 Å². The number of aryl methyl sites for hydroxylation is 1. The van der Waals surface area contributed by atoms with E-state index in [-0.39, 0.29) is 0 Å². The van der Waals surface area contributed by atoms with Crippen LogP contribution in [0.3, 0.4) is 0 Å². The van der Waals surface area contributed by atoms with Gasteiger partial charge in [-0.3, -0.25) is 0 Å². The molecule has 1 aromatic rings. The number of nitrogens with one attached hydrogen (secondary N) is 2. The Labute approximate surface area is 116 Å². The first-order valence-electron chi connectivity index (χ1n) is 7.27. The summed E-state index contributed by atoms with van der Waals surface area (Å²) in [6.07, 6.45) is 3.82. The summed E-state index contributed by atoms with van der Waals surface area (Å²) in [6, 6.07) is 6.97. The van der Waals surface area contributed by atoms with Gasteiger partial charge in [-0.05, 0) is 69.4 Å².